The molecule has 0 spiro atoms. The Balaban J connectivity index is 1.86. The van der Waals surface area contributed by atoms with Crippen LogP contribution in [0.3, 0.4) is 0 Å². The van der Waals surface area contributed by atoms with E-state index in [9.17, 15) is 5.11 Å². The third kappa shape index (κ3) is 1.83. The molecule has 0 bridgehead atoms. The van der Waals surface area contributed by atoms with Crippen LogP contribution in [0.25, 0.3) is 0 Å². The minimum absolute atomic E-state index is 0.132. The smallest absolute Gasteiger partial charge is 0.119 e. The van der Waals surface area contributed by atoms with Gasteiger partial charge in [-0.1, -0.05) is 31.1 Å². The third-order valence-electron chi connectivity index (χ3n) is 6.61. The van der Waals surface area contributed by atoms with Crippen LogP contribution in [0, 0.1) is 5.41 Å². The molecule has 0 saturated heterocycles. The van der Waals surface area contributed by atoms with E-state index in [0.29, 0.717) is 0 Å². The van der Waals surface area contributed by atoms with Crippen molar-refractivity contribution in [2.75, 3.05) is 7.11 Å². The summed E-state index contributed by atoms with van der Waals surface area (Å²) in [4.78, 5) is 0. The Kier molecular flexibility index (Phi) is 3.00. The Morgan fingerprint density at radius 2 is 1.95 bits per heavy atom. The molecule has 2 heteroatoms. The van der Waals surface area contributed by atoms with Gasteiger partial charge in [-0.2, -0.15) is 0 Å². The van der Waals surface area contributed by atoms with E-state index >= 15 is 0 Å². The van der Waals surface area contributed by atoms with Crippen LogP contribution in [0.1, 0.15) is 57.1 Å². The van der Waals surface area contributed by atoms with E-state index in [1.165, 1.54) is 24.0 Å². The Bertz CT molecular complexity index is 660. The minimum Gasteiger partial charge on any atom is -0.497 e. The molecule has 0 radical (unpaired) electrons. The van der Waals surface area contributed by atoms with Gasteiger partial charge in [0.25, 0.3) is 0 Å². The number of hydrogen-bond acceptors (Lipinski definition) is 2. The van der Waals surface area contributed by atoms with Gasteiger partial charge in [0.05, 0.1) is 13.2 Å². The molecular weight excluding hydrogens is 272 g/mol. The van der Waals surface area contributed by atoms with Crippen molar-refractivity contribution in [3.05, 3.63) is 40.5 Å². The van der Waals surface area contributed by atoms with Crippen molar-refractivity contribution in [1.82, 2.24) is 0 Å². The SMILES string of the molecule is COc1ccc2c(c1)CCC1=C3C[C@@H](O)C[C@@]3(C)CC[C@@]12C. The summed E-state index contributed by atoms with van der Waals surface area (Å²) in [6.07, 6.45) is 6.37. The standard InChI is InChI=1S/C20H26O2/c1-19-8-9-20(2)16-7-5-15(22-3)10-13(16)4-6-17(20)18(19)11-14(21)12-19/h5,7,10,14,21H,4,6,8-9,11-12H2,1-3H3/t14-,19-,20-/m1/s1. The van der Waals surface area contributed by atoms with E-state index in [0.717, 1.165) is 31.4 Å². The van der Waals surface area contributed by atoms with Crippen LogP contribution < -0.4 is 4.74 Å². The number of benzene rings is 1. The predicted octanol–water partition coefficient (Wildman–Crippen LogP) is 4.15. The van der Waals surface area contributed by atoms with Crippen molar-refractivity contribution in [3.8, 4) is 5.75 Å². The van der Waals surface area contributed by atoms with Gasteiger partial charge in [0.15, 0.2) is 0 Å². The van der Waals surface area contributed by atoms with Crippen molar-refractivity contribution in [1.29, 1.82) is 0 Å². The number of fused-ring (bicyclic) bond motifs is 4. The molecule has 22 heavy (non-hydrogen) atoms. The molecule has 0 unspecified atom stereocenters. The Hall–Kier alpha value is -1.28. The summed E-state index contributed by atoms with van der Waals surface area (Å²) in [5, 5.41) is 10.2. The maximum absolute atomic E-state index is 10.2. The van der Waals surface area contributed by atoms with E-state index in [4.69, 9.17) is 4.74 Å². The lowest BCUT2D eigenvalue weighted by atomic mass is 9.56. The lowest BCUT2D eigenvalue weighted by Gasteiger charge is -2.48. The average molecular weight is 298 g/mol. The highest BCUT2D eigenvalue weighted by atomic mass is 16.5. The molecule has 2 nitrogen and oxygen atoms in total. The fourth-order valence-corrected chi connectivity index (χ4v) is 5.37. The number of methoxy groups -OCH3 is 1. The highest BCUT2D eigenvalue weighted by Gasteiger charge is 2.50. The lowest BCUT2D eigenvalue weighted by molar-refractivity contribution is 0.157. The first kappa shape index (κ1) is 14.3. The maximum atomic E-state index is 10.2. The summed E-state index contributed by atoms with van der Waals surface area (Å²) in [5.74, 6) is 0.968. The van der Waals surface area contributed by atoms with E-state index in [1.54, 1.807) is 18.3 Å². The fourth-order valence-electron chi connectivity index (χ4n) is 5.37. The van der Waals surface area contributed by atoms with Crippen molar-refractivity contribution in [2.45, 2.75) is 63.9 Å². The number of aryl methyl sites for hydroxylation is 1. The lowest BCUT2D eigenvalue weighted by Crippen LogP contribution is -2.38. The summed E-state index contributed by atoms with van der Waals surface area (Å²) in [7, 11) is 1.74. The van der Waals surface area contributed by atoms with Crippen LogP contribution in [0.5, 0.6) is 5.75 Å². The van der Waals surface area contributed by atoms with Crippen molar-refractivity contribution in [3.63, 3.8) is 0 Å². The van der Waals surface area contributed by atoms with Gasteiger partial charge in [-0.3, -0.25) is 0 Å². The molecular formula is C20H26O2. The fraction of sp³-hybridized carbons (Fsp3) is 0.600. The highest BCUT2D eigenvalue weighted by molar-refractivity contribution is 5.52. The molecule has 1 saturated carbocycles. The molecule has 3 aliphatic rings. The summed E-state index contributed by atoms with van der Waals surface area (Å²) < 4.78 is 5.40. The van der Waals surface area contributed by atoms with Crippen LogP contribution in [-0.4, -0.2) is 18.3 Å². The van der Waals surface area contributed by atoms with Gasteiger partial charge >= 0.3 is 0 Å². The summed E-state index contributed by atoms with van der Waals surface area (Å²) in [6.45, 7) is 4.79. The van der Waals surface area contributed by atoms with Gasteiger partial charge in [0, 0.05) is 5.41 Å². The zero-order valence-corrected chi connectivity index (χ0v) is 13.9. The second-order valence-electron chi connectivity index (χ2n) is 7.94. The Labute approximate surface area is 133 Å². The number of ether oxygens (including phenoxy) is 1. The number of allylic oxidation sites excluding steroid dienone is 1. The summed E-state index contributed by atoms with van der Waals surface area (Å²) in [6, 6.07) is 6.61. The quantitative estimate of drug-likeness (QED) is 0.789. The maximum Gasteiger partial charge on any atom is 0.119 e. The number of aliphatic hydroxyl groups excluding tert-OH is 1. The monoisotopic (exact) mass is 298 g/mol. The minimum atomic E-state index is -0.132. The van der Waals surface area contributed by atoms with E-state index < -0.39 is 0 Å². The van der Waals surface area contributed by atoms with E-state index in [2.05, 4.69) is 32.0 Å². The second kappa shape index (κ2) is 4.61. The van der Waals surface area contributed by atoms with E-state index in [1.807, 2.05) is 0 Å². The van der Waals surface area contributed by atoms with Crippen molar-refractivity contribution < 1.29 is 9.84 Å². The second-order valence-corrected chi connectivity index (χ2v) is 7.94. The van der Waals surface area contributed by atoms with Gasteiger partial charge in [-0.05, 0) is 67.2 Å². The molecule has 4 rings (SSSR count). The van der Waals surface area contributed by atoms with Crippen LogP contribution in [0.4, 0.5) is 0 Å². The molecule has 3 atom stereocenters. The van der Waals surface area contributed by atoms with Gasteiger partial charge in [-0.25, -0.2) is 0 Å². The third-order valence-corrected chi connectivity index (χ3v) is 6.61. The molecule has 1 aromatic rings. The number of aliphatic hydroxyl groups is 1. The van der Waals surface area contributed by atoms with Gasteiger partial charge in [0.2, 0.25) is 0 Å². The molecule has 3 aliphatic carbocycles. The molecule has 0 aliphatic heterocycles. The van der Waals surface area contributed by atoms with Gasteiger partial charge in [-0.15, -0.1) is 0 Å². The van der Waals surface area contributed by atoms with Crippen LogP contribution >= 0.6 is 0 Å². The molecule has 0 amide bonds. The molecule has 118 valence electrons. The molecule has 0 aromatic heterocycles. The zero-order valence-electron chi connectivity index (χ0n) is 13.9. The predicted molar refractivity (Wildman–Crippen MR) is 88.3 cm³/mol. The number of rotatable bonds is 1. The first-order valence-corrected chi connectivity index (χ1v) is 8.55. The van der Waals surface area contributed by atoms with E-state index in [-0.39, 0.29) is 16.9 Å². The Morgan fingerprint density at radius 3 is 2.73 bits per heavy atom. The van der Waals surface area contributed by atoms with Crippen molar-refractivity contribution in [2.24, 2.45) is 5.41 Å². The highest BCUT2D eigenvalue weighted by Crippen LogP contribution is 2.59. The molecule has 1 N–H and O–H groups in total. The van der Waals surface area contributed by atoms with Crippen molar-refractivity contribution >= 4 is 0 Å². The van der Waals surface area contributed by atoms with Crippen LogP contribution in [0.2, 0.25) is 0 Å². The molecule has 0 heterocycles. The zero-order chi connectivity index (χ0) is 15.5. The topological polar surface area (TPSA) is 29.5 Å². The molecule has 1 aromatic carbocycles. The van der Waals surface area contributed by atoms with Crippen LogP contribution in [0.15, 0.2) is 29.3 Å². The summed E-state index contributed by atoms with van der Waals surface area (Å²) >= 11 is 0. The van der Waals surface area contributed by atoms with Gasteiger partial charge < -0.3 is 9.84 Å². The van der Waals surface area contributed by atoms with Gasteiger partial charge in [0.1, 0.15) is 5.75 Å². The molecule has 1 fully saturated rings. The Morgan fingerprint density at radius 1 is 1.14 bits per heavy atom. The largest absolute Gasteiger partial charge is 0.497 e. The average Bonchev–Trinajstić information content (AvgIpc) is 2.81. The number of hydrogen-bond donors (Lipinski definition) is 1. The first-order valence-electron chi connectivity index (χ1n) is 8.55. The first-order chi connectivity index (χ1) is 10.5. The van der Waals surface area contributed by atoms with Crippen LogP contribution in [-0.2, 0) is 11.8 Å². The summed E-state index contributed by atoms with van der Waals surface area (Å²) in [5.41, 5.74) is 6.57. The normalized spacial score (nSPS) is 36.6.